The van der Waals surface area contributed by atoms with Crippen LogP contribution in [0.5, 0.6) is 0 Å². The van der Waals surface area contributed by atoms with E-state index in [1.807, 2.05) is 13.0 Å². The number of benzene rings is 2. The normalized spacial score (nSPS) is 15.2. The van der Waals surface area contributed by atoms with Crippen LogP contribution >= 0.6 is 0 Å². The molecule has 1 saturated carbocycles. The fraction of sp³-hybridized carbons (Fsp3) is 0.400. The highest BCUT2D eigenvalue weighted by Gasteiger charge is 2.23. The number of aromatic nitrogens is 1. The average Bonchev–Trinajstić information content (AvgIpc) is 3.14. The molecule has 0 N–H and O–H groups in total. The number of rotatable bonds is 7. The van der Waals surface area contributed by atoms with Crippen LogP contribution in [0, 0.1) is 16.0 Å². The van der Waals surface area contributed by atoms with E-state index in [0.29, 0.717) is 24.4 Å². The molecule has 0 bridgehead atoms. The van der Waals surface area contributed by atoms with Gasteiger partial charge in [0.15, 0.2) is 0 Å². The van der Waals surface area contributed by atoms with Crippen molar-refractivity contribution in [3.05, 3.63) is 52.1 Å². The molecule has 1 aliphatic carbocycles. The van der Waals surface area contributed by atoms with E-state index >= 15 is 0 Å². The number of Topliss-reactive ketones (excluding diaryl/α,β-unsaturated/α-hetero) is 1. The number of hydrogen-bond donors (Lipinski definition) is 0. The molecule has 33 heavy (non-hydrogen) atoms. The standard InChI is InChI=1S/C25H27N3O5/c1-3-27-23-11-9-18(14-20(23)21-15-19(28(31)32)10-12-24(21)27)25(30)22(26-33-16(2)29)13-17-7-5-4-6-8-17/h9-12,14-15,17H,3-8,13H2,1-2H3/b26-22+. The number of ketones is 1. The quantitative estimate of drug-likeness (QED) is 0.149. The van der Waals surface area contributed by atoms with Gasteiger partial charge in [-0.05, 0) is 43.5 Å². The van der Waals surface area contributed by atoms with Crippen LogP contribution in [-0.2, 0) is 16.2 Å². The van der Waals surface area contributed by atoms with Crippen LogP contribution in [0.1, 0.15) is 62.7 Å². The molecule has 0 spiro atoms. The molecule has 0 aliphatic heterocycles. The van der Waals surface area contributed by atoms with Gasteiger partial charge in [0.2, 0.25) is 5.78 Å². The smallest absolute Gasteiger partial charge is 0.331 e. The fourth-order valence-corrected chi connectivity index (χ4v) is 4.81. The Morgan fingerprint density at radius 2 is 1.76 bits per heavy atom. The molecule has 0 atom stereocenters. The summed E-state index contributed by atoms with van der Waals surface area (Å²) in [5.74, 6) is -0.519. The van der Waals surface area contributed by atoms with Crippen molar-refractivity contribution in [3.63, 3.8) is 0 Å². The first kappa shape index (κ1) is 22.6. The maximum absolute atomic E-state index is 13.4. The van der Waals surface area contributed by atoms with Crippen LogP contribution < -0.4 is 0 Å². The summed E-state index contributed by atoms with van der Waals surface area (Å²) in [5, 5.41) is 16.7. The number of aryl methyl sites for hydroxylation is 1. The Morgan fingerprint density at radius 3 is 2.39 bits per heavy atom. The first-order chi connectivity index (χ1) is 15.9. The van der Waals surface area contributed by atoms with Gasteiger partial charge in [0.1, 0.15) is 5.71 Å². The van der Waals surface area contributed by atoms with Crippen LogP contribution in [-0.4, -0.2) is 27.0 Å². The maximum atomic E-state index is 13.4. The average molecular weight is 450 g/mol. The lowest BCUT2D eigenvalue weighted by atomic mass is 9.84. The van der Waals surface area contributed by atoms with Gasteiger partial charge >= 0.3 is 5.97 Å². The predicted molar refractivity (Wildman–Crippen MR) is 126 cm³/mol. The van der Waals surface area contributed by atoms with Gasteiger partial charge in [-0.25, -0.2) is 4.79 Å². The third kappa shape index (κ3) is 4.65. The number of non-ortho nitro benzene ring substituents is 1. The summed E-state index contributed by atoms with van der Waals surface area (Å²) in [4.78, 5) is 40.5. The van der Waals surface area contributed by atoms with Crippen molar-refractivity contribution in [3.8, 4) is 0 Å². The zero-order valence-electron chi connectivity index (χ0n) is 18.9. The van der Waals surface area contributed by atoms with E-state index in [1.165, 1.54) is 19.4 Å². The summed E-state index contributed by atoms with van der Waals surface area (Å²) in [6.07, 6.45) is 5.97. The molecule has 0 amide bonds. The molecule has 0 unspecified atom stereocenters. The Morgan fingerprint density at radius 1 is 1.09 bits per heavy atom. The molecule has 1 heterocycles. The Hall–Kier alpha value is -3.55. The Kier molecular flexibility index (Phi) is 6.53. The van der Waals surface area contributed by atoms with Crippen molar-refractivity contribution < 1.29 is 19.3 Å². The second kappa shape index (κ2) is 9.52. The maximum Gasteiger partial charge on any atom is 0.331 e. The molecule has 0 saturated heterocycles. The van der Waals surface area contributed by atoms with Crippen LogP contribution in [0.15, 0.2) is 41.6 Å². The van der Waals surface area contributed by atoms with Crippen LogP contribution in [0.3, 0.4) is 0 Å². The summed E-state index contributed by atoms with van der Waals surface area (Å²) >= 11 is 0. The third-order valence-corrected chi connectivity index (χ3v) is 6.39. The van der Waals surface area contributed by atoms with E-state index in [-0.39, 0.29) is 17.2 Å². The van der Waals surface area contributed by atoms with Gasteiger partial charge in [-0.3, -0.25) is 14.9 Å². The molecule has 8 heteroatoms. The number of fused-ring (bicyclic) bond motifs is 3. The highest BCUT2D eigenvalue weighted by molar-refractivity contribution is 6.46. The number of nitrogens with zero attached hydrogens (tertiary/aromatic N) is 3. The van der Waals surface area contributed by atoms with Crippen LogP contribution in [0.2, 0.25) is 0 Å². The lowest BCUT2D eigenvalue weighted by Crippen LogP contribution is -2.21. The van der Waals surface area contributed by atoms with Gasteiger partial charge in [-0.15, -0.1) is 0 Å². The SMILES string of the molecule is CCn1c2ccc(C(=O)/C(CC3CCCCC3)=N/OC(C)=O)cc2c2cc([N+](=O)[O-])ccc21. The second-order valence-corrected chi connectivity index (χ2v) is 8.59. The molecule has 172 valence electrons. The summed E-state index contributed by atoms with van der Waals surface area (Å²) in [6.45, 7) is 3.95. The Labute approximate surface area is 191 Å². The predicted octanol–water partition coefficient (Wildman–Crippen LogP) is 5.79. The third-order valence-electron chi connectivity index (χ3n) is 6.39. The van der Waals surface area contributed by atoms with Gasteiger partial charge in [0, 0.05) is 53.0 Å². The summed E-state index contributed by atoms with van der Waals surface area (Å²) in [6, 6.07) is 10.2. The number of carbonyl (C=O) groups excluding carboxylic acids is 2. The molecule has 2 aromatic carbocycles. The number of hydrogen-bond acceptors (Lipinski definition) is 6. The van der Waals surface area contributed by atoms with Gasteiger partial charge in [0.05, 0.1) is 4.92 Å². The largest absolute Gasteiger partial charge is 0.341 e. The molecule has 8 nitrogen and oxygen atoms in total. The van der Waals surface area contributed by atoms with Crippen LogP contribution in [0.25, 0.3) is 21.8 Å². The molecule has 1 fully saturated rings. The Bertz CT molecular complexity index is 1270. The van der Waals surface area contributed by atoms with E-state index in [9.17, 15) is 19.7 Å². The summed E-state index contributed by atoms with van der Waals surface area (Å²) in [7, 11) is 0. The molecular weight excluding hydrogens is 422 g/mol. The summed E-state index contributed by atoms with van der Waals surface area (Å²) < 4.78 is 2.07. The van der Waals surface area contributed by atoms with E-state index in [0.717, 1.165) is 47.5 Å². The van der Waals surface area contributed by atoms with Crippen molar-refractivity contribution in [1.29, 1.82) is 0 Å². The van der Waals surface area contributed by atoms with Gasteiger partial charge < -0.3 is 9.40 Å². The lowest BCUT2D eigenvalue weighted by Gasteiger charge is -2.21. The summed E-state index contributed by atoms with van der Waals surface area (Å²) in [5.41, 5.74) is 2.44. The number of carbonyl (C=O) groups is 2. The van der Waals surface area contributed by atoms with E-state index < -0.39 is 10.9 Å². The Balaban J connectivity index is 1.77. The van der Waals surface area contributed by atoms with Crippen LogP contribution in [0.4, 0.5) is 5.69 Å². The molecule has 0 radical (unpaired) electrons. The minimum Gasteiger partial charge on any atom is -0.341 e. The fourth-order valence-electron chi connectivity index (χ4n) is 4.81. The van der Waals surface area contributed by atoms with E-state index in [1.54, 1.807) is 24.3 Å². The lowest BCUT2D eigenvalue weighted by molar-refractivity contribution is -0.384. The van der Waals surface area contributed by atoms with E-state index in [2.05, 4.69) is 9.72 Å². The highest BCUT2D eigenvalue weighted by Crippen LogP contribution is 2.33. The number of nitro groups is 1. The minimum atomic E-state index is -0.572. The molecule has 1 aliphatic rings. The number of oxime groups is 1. The van der Waals surface area contributed by atoms with Crippen molar-refractivity contribution in [2.75, 3.05) is 0 Å². The number of nitro benzene ring substituents is 1. The van der Waals surface area contributed by atoms with E-state index in [4.69, 9.17) is 4.84 Å². The van der Waals surface area contributed by atoms with Crippen molar-refractivity contribution >= 4 is 45.0 Å². The van der Waals surface area contributed by atoms with Gasteiger partial charge in [-0.1, -0.05) is 37.3 Å². The second-order valence-electron chi connectivity index (χ2n) is 8.59. The van der Waals surface area contributed by atoms with Crippen molar-refractivity contribution in [2.24, 2.45) is 11.1 Å². The molecular formula is C25H27N3O5. The monoisotopic (exact) mass is 449 g/mol. The van der Waals surface area contributed by atoms with Gasteiger partial charge in [0.25, 0.3) is 5.69 Å². The molecule has 1 aromatic heterocycles. The zero-order chi connectivity index (χ0) is 23.5. The van der Waals surface area contributed by atoms with Crippen molar-refractivity contribution in [1.82, 2.24) is 4.57 Å². The zero-order valence-corrected chi connectivity index (χ0v) is 18.9. The minimum absolute atomic E-state index is 0.00351. The first-order valence-corrected chi connectivity index (χ1v) is 11.4. The van der Waals surface area contributed by atoms with Gasteiger partial charge in [-0.2, -0.15) is 0 Å². The highest BCUT2D eigenvalue weighted by atomic mass is 16.7. The van der Waals surface area contributed by atoms with Crippen molar-refractivity contribution in [2.45, 2.75) is 58.9 Å². The molecule has 3 aromatic rings. The molecule has 4 rings (SSSR count). The topological polar surface area (TPSA) is 104 Å². The first-order valence-electron chi connectivity index (χ1n) is 11.4.